The second kappa shape index (κ2) is 9.41. The van der Waals surface area contributed by atoms with E-state index >= 15 is 0 Å². The molecule has 0 aliphatic carbocycles. The average Bonchev–Trinajstić information content (AvgIpc) is 3.24. The number of anilines is 1. The van der Waals surface area contributed by atoms with Crippen molar-refractivity contribution >= 4 is 33.7 Å². The SMILES string of the molecule is O=CN1CCN(C=S(=O)=O)CC1c1nc2c(N3CCOCC3)nccn2c1-c1cccc(O)c1. The lowest BCUT2D eigenvalue weighted by atomic mass is 10.0. The number of rotatable bonds is 5. The van der Waals surface area contributed by atoms with Crippen molar-refractivity contribution in [3.63, 3.8) is 0 Å². The number of phenols is 1. The number of carbonyl (C=O) groups excluding carboxylic acids is 1. The predicted molar refractivity (Wildman–Crippen MR) is 125 cm³/mol. The number of hydrogen-bond acceptors (Lipinski definition) is 8. The summed E-state index contributed by atoms with van der Waals surface area (Å²) in [4.78, 5) is 26.9. The number of phenolic OH excluding ortho intramolecular Hbond substituents is 1. The van der Waals surface area contributed by atoms with Gasteiger partial charge in [-0.15, -0.1) is 0 Å². The summed E-state index contributed by atoms with van der Waals surface area (Å²) in [5, 5.41) is 10.2. The van der Waals surface area contributed by atoms with Gasteiger partial charge in [0.05, 0.1) is 30.6 Å². The maximum Gasteiger partial charge on any atom is 0.225 e. The number of ether oxygens (including phenoxy) is 1. The lowest BCUT2D eigenvalue weighted by Gasteiger charge is -2.37. The number of aromatic hydroxyl groups is 1. The first-order valence-electron chi connectivity index (χ1n) is 10.9. The molecule has 0 radical (unpaired) electrons. The van der Waals surface area contributed by atoms with Crippen LogP contribution in [-0.4, -0.2) is 95.5 Å². The second-order valence-electron chi connectivity index (χ2n) is 8.16. The van der Waals surface area contributed by atoms with Gasteiger partial charge in [-0.25, -0.2) is 9.97 Å². The molecule has 2 aliphatic rings. The van der Waals surface area contributed by atoms with Crippen LogP contribution in [0.2, 0.25) is 0 Å². The van der Waals surface area contributed by atoms with E-state index in [4.69, 9.17) is 9.72 Å². The van der Waals surface area contributed by atoms with Crippen molar-refractivity contribution in [1.29, 1.82) is 0 Å². The highest BCUT2D eigenvalue weighted by molar-refractivity contribution is 7.71. The second-order valence-corrected chi connectivity index (χ2v) is 8.89. The quantitative estimate of drug-likeness (QED) is 0.405. The maximum atomic E-state index is 12.0. The molecule has 1 aromatic carbocycles. The van der Waals surface area contributed by atoms with Crippen molar-refractivity contribution in [1.82, 2.24) is 24.2 Å². The lowest BCUT2D eigenvalue weighted by Crippen LogP contribution is -2.47. The third kappa shape index (κ3) is 4.22. The molecule has 1 unspecified atom stereocenters. The minimum atomic E-state index is -2.36. The smallest absolute Gasteiger partial charge is 0.225 e. The monoisotopic (exact) mass is 484 g/mol. The Hall–Kier alpha value is -3.48. The Morgan fingerprint density at radius 1 is 1.15 bits per heavy atom. The number of piperazine rings is 1. The highest BCUT2D eigenvalue weighted by atomic mass is 32.2. The van der Waals surface area contributed by atoms with Crippen LogP contribution in [0, 0.1) is 0 Å². The first-order chi connectivity index (χ1) is 16.5. The number of carbonyl (C=O) groups is 1. The number of fused-ring (bicyclic) bond motifs is 1. The van der Waals surface area contributed by atoms with Crippen LogP contribution in [0.25, 0.3) is 16.9 Å². The van der Waals surface area contributed by atoms with Crippen LogP contribution >= 0.6 is 0 Å². The molecular formula is C22H24N6O5S. The van der Waals surface area contributed by atoms with Gasteiger partial charge in [0.25, 0.3) is 0 Å². The molecule has 178 valence electrons. The van der Waals surface area contributed by atoms with Crippen molar-refractivity contribution < 1.29 is 23.1 Å². The fourth-order valence-electron chi connectivity index (χ4n) is 4.56. The van der Waals surface area contributed by atoms with E-state index in [2.05, 4.69) is 9.88 Å². The van der Waals surface area contributed by atoms with E-state index in [9.17, 15) is 18.3 Å². The molecule has 3 aromatic rings. The average molecular weight is 485 g/mol. The molecule has 34 heavy (non-hydrogen) atoms. The first kappa shape index (κ1) is 22.3. The van der Waals surface area contributed by atoms with Crippen molar-refractivity contribution in [2.45, 2.75) is 6.04 Å². The summed E-state index contributed by atoms with van der Waals surface area (Å²) in [7, 11) is -2.36. The molecule has 1 atom stereocenters. The molecule has 0 spiro atoms. The normalized spacial score (nSPS) is 19.4. The van der Waals surface area contributed by atoms with Crippen LogP contribution in [0.1, 0.15) is 11.7 Å². The molecule has 2 saturated heterocycles. The Labute approximate surface area is 197 Å². The van der Waals surface area contributed by atoms with Gasteiger partial charge in [-0.1, -0.05) is 12.1 Å². The Morgan fingerprint density at radius 2 is 1.97 bits per heavy atom. The van der Waals surface area contributed by atoms with Gasteiger partial charge in [0.2, 0.25) is 16.7 Å². The maximum absolute atomic E-state index is 12.0. The van der Waals surface area contributed by atoms with E-state index in [-0.39, 0.29) is 12.3 Å². The van der Waals surface area contributed by atoms with Gasteiger partial charge in [-0.3, -0.25) is 14.1 Å². The van der Waals surface area contributed by atoms with Gasteiger partial charge >= 0.3 is 0 Å². The van der Waals surface area contributed by atoms with Gasteiger partial charge in [0, 0.05) is 50.7 Å². The topological polar surface area (TPSA) is 121 Å². The van der Waals surface area contributed by atoms with Crippen molar-refractivity contribution in [2.75, 3.05) is 50.8 Å². The molecule has 12 heteroatoms. The Kier molecular flexibility index (Phi) is 6.18. The lowest BCUT2D eigenvalue weighted by molar-refractivity contribution is -0.122. The minimum Gasteiger partial charge on any atom is -0.508 e. The van der Waals surface area contributed by atoms with E-state index in [1.807, 2.05) is 10.5 Å². The fourth-order valence-corrected chi connectivity index (χ4v) is 4.99. The predicted octanol–water partition coefficient (Wildman–Crippen LogP) is 0.392. The van der Waals surface area contributed by atoms with Gasteiger partial charge in [0.1, 0.15) is 11.2 Å². The van der Waals surface area contributed by atoms with Crippen LogP contribution in [0.15, 0.2) is 36.7 Å². The standard InChI is InChI=1S/C22H24N6O5S/c29-14-27-7-6-25(15-34(31)32)13-18(27)19-20(16-2-1-3-17(30)12-16)28-5-4-23-21(22(28)24-19)26-8-10-33-11-9-26/h1-5,12,14-15,18,30H,6-11,13H2. The number of hydrogen-bond donors (Lipinski definition) is 1. The van der Waals surface area contributed by atoms with Crippen LogP contribution in [0.4, 0.5) is 5.82 Å². The van der Waals surface area contributed by atoms with Crippen LogP contribution < -0.4 is 4.90 Å². The molecule has 5 rings (SSSR count). The Balaban J connectivity index is 1.71. The van der Waals surface area contributed by atoms with E-state index in [1.54, 1.807) is 40.4 Å². The van der Waals surface area contributed by atoms with Crippen molar-refractivity contribution in [3.05, 3.63) is 42.4 Å². The molecule has 0 saturated carbocycles. The van der Waals surface area contributed by atoms with Gasteiger partial charge < -0.3 is 19.6 Å². The zero-order chi connectivity index (χ0) is 23.7. The number of imidazole rings is 1. The van der Waals surface area contributed by atoms with E-state index < -0.39 is 16.3 Å². The summed E-state index contributed by atoms with van der Waals surface area (Å²) < 4.78 is 30.0. The zero-order valence-corrected chi connectivity index (χ0v) is 19.1. The third-order valence-electron chi connectivity index (χ3n) is 6.12. The van der Waals surface area contributed by atoms with Crippen molar-refractivity contribution in [3.8, 4) is 17.0 Å². The largest absolute Gasteiger partial charge is 0.508 e. The van der Waals surface area contributed by atoms with E-state index in [0.717, 1.165) is 17.5 Å². The molecule has 1 amide bonds. The number of morpholine rings is 1. The Morgan fingerprint density at radius 3 is 2.71 bits per heavy atom. The summed E-state index contributed by atoms with van der Waals surface area (Å²) >= 11 is 0. The molecule has 2 aliphatic heterocycles. The summed E-state index contributed by atoms with van der Waals surface area (Å²) in [5.41, 5.74) is 3.80. The highest BCUT2D eigenvalue weighted by Gasteiger charge is 2.33. The Bertz CT molecular complexity index is 1340. The van der Waals surface area contributed by atoms with Gasteiger partial charge in [0.15, 0.2) is 11.5 Å². The highest BCUT2D eigenvalue weighted by Crippen LogP contribution is 2.36. The molecule has 1 N–H and O–H groups in total. The van der Waals surface area contributed by atoms with Gasteiger partial charge in [-0.05, 0) is 12.1 Å². The molecule has 4 heterocycles. The summed E-state index contributed by atoms with van der Waals surface area (Å²) in [6.45, 7) is 3.56. The number of amides is 1. The van der Waals surface area contributed by atoms with E-state index in [0.29, 0.717) is 62.2 Å². The van der Waals surface area contributed by atoms with Crippen molar-refractivity contribution in [2.24, 2.45) is 0 Å². The zero-order valence-electron chi connectivity index (χ0n) is 18.3. The number of benzene rings is 1. The number of aromatic nitrogens is 3. The molecule has 0 bridgehead atoms. The van der Waals surface area contributed by atoms with Gasteiger partial charge in [-0.2, -0.15) is 8.42 Å². The molecule has 11 nitrogen and oxygen atoms in total. The van der Waals surface area contributed by atoms with Crippen LogP contribution in [0.5, 0.6) is 5.75 Å². The fraction of sp³-hybridized carbons (Fsp3) is 0.364. The molecule has 2 fully saturated rings. The molecule has 2 aromatic heterocycles. The summed E-state index contributed by atoms with van der Waals surface area (Å²) in [6.07, 6.45) is 4.28. The van der Waals surface area contributed by atoms with Crippen LogP contribution in [-0.2, 0) is 19.8 Å². The summed E-state index contributed by atoms with van der Waals surface area (Å²) in [5.74, 6) is 0.810. The first-order valence-corrected chi connectivity index (χ1v) is 12.1. The summed E-state index contributed by atoms with van der Waals surface area (Å²) in [6, 6.07) is 6.35. The molecular weight excluding hydrogens is 460 g/mol. The number of nitrogens with zero attached hydrogens (tertiary/aromatic N) is 6. The van der Waals surface area contributed by atoms with E-state index in [1.165, 1.54) is 0 Å². The third-order valence-corrected chi connectivity index (χ3v) is 6.59. The minimum absolute atomic E-state index is 0.105. The van der Waals surface area contributed by atoms with Crippen LogP contribution in [0.3, 0.4) is 0 Å².